The third-order valence-corrected chi connectivity index (χ3v) is 5.34. The monoisotopic (exact) mass is 382 g/mol. The van der Waals surface area contributed by atoms with E-state index in [0.29, 0.717) is 23.8 Å². The molecule has 3 aromatic rings. The van der Waals surface area contributed by atoms with Gasteiger partial charge in [-0.15, -0.1) is 0 Å². The van der Waals surface area contributed by atoms with Crippen molar-refractivity contribution in [3.63, 3.8) is 0 Å². The van der Waals surface area contributed by atoms with Crippen LogP contribution in [0.2, 0.25) is 0 Å². The molecule has 2 unspecified atom stereocenters. The second kappa shape index (κ2) is 7.11. The number of carbonyl (C=O) groups excluding carboxylic acids is 1. The maximum atomic E-state index is 12.5. The molecular weight excluding hydrogens is 360 g/mol. The summed E-state index contributed by atoms with van der Waals surface area (Å²) in [6.07, 6.45) is 4.95. The van der Waals surface area contributed by atoms with Crippen molar-refractivity contribution in [2.24, 2.45) is 0 Å². The van der Waals surface area contributed by atoms with E-state index in [4.69, 9.17) is 12.2 Å². The van der Waals surface area contributed by atoms with Gasteiger partial charge in [-0.3, -0.25) is 14.5 Å². The number of nitrogens with one attached hydrogen (secondary N) is 2. The fourth-order valence-corrected chi connectivity index (χ4v) is 3.80. The van der Waals surface area contributed by atoms with Crippen LogP contribution in [0.15, 0.2) is 36.7 Å². The number of amides is 1. The van der Waals surface area contributed by atoms with Gasteiger partial charge in [0, 0.05) is 37.0 Å². The lowest BCUT2D eigenvalue weighted by Gasteiger charge is -2.12. The molecule has 8 heteroatoms. The summed E-state index contributed by atoms with van der Waals surface area (Å²) in [5, 5.41) is 10.3. The third kappa shape index (κ3) is 3.44. The Morgan fingerprint density at radius 1 is 1.37 bits per heavy atom. The molecule has 7 nitrogen and oxygen atoms in total. The molecule has 0 spiro atoms. The van der Waals surface area contributed by atoms with E-state index < -0.39 is 0 Å². The summed E-state index contributed by atoms with van der Waals surface area (Å²) in [6, 6.07) is 8.41. The molecule has 0 radical (unpaired) electrons. The number of benzene rings is 1. The van der Waals surface area contributed by atoms with Gasteiger partial charge < -0.3 is 9.88 Å². The van der Waals surface area contributed by atoms with Crippen molar-refractivity contribution in [3.05, 3.63) is 52.8 Å². The highest BCUT2D eigenvalue weighted by atomic mass is 32.1. The number of imidazole rings is 1. The van der Waals surface area contributed by atoms with Crippen LogP contribution < -0.4 is 5.32 Å². The third-order valence-electron chi connectivity index (χ3n) is 5.03. The van der Waals surface area contributed by atoms with Crippen LogP contribution in [0.25, 0.3) is 11.4 Å². The van der Waals surface area contributed by atoms with Crippen LogP contribution in [0.4, 0.5) is 0 Å². The Morgan fingerprint density at radius 3 is 2.93 bits per heavy atom. The number of carbonyl (C=O) groups is 1. The molecule has 3 heterocycles. The van der Waals surface area contributed by atoms with Gasteiger partial charge in [-0.2, -0.15) is 5.10 Å². The van der Waals surface area contributed by atoms with E-state index in [1.165, 1.54) is 5.56 Å². The highest BCUT2D eigenvalue weighted by Gasteiger charge is 2.29. The lowest BCUT2D eigenvalue weighted by atomic mass is 10.1. The number of aryl methyl sites for hydroxylation is 1. The van der Waals surface area contributed by atoms with E-state index in [1.807, 2.05) is 42.0 Å². The summed E-state index contributed by atoms with van der Waals surface area (Å²) < 4.78 is 4.51. The van der Waals surface area contributed by atoms with Crippen molar-refractivity contribution < 1.29 is 4.79 Å². The normalized spacial score (nSPS) is 18.4. The summed E-state index contributed by atoms with van der Waals surface area (Å²) in [4.78, 5) is 16.9. The minimum Gasteiger partial charge on any atom is -0.346 e. The molecule has 2 aromatic heterocycles. The quantitative estimate of drug-likeness (QED) is 0.664. The molecule has 1 aliphatic rings. The summed E-state index contributed by atoms with van der Waals surface area (Å²) in [5.41, 5.74) is 2.16. The van der Waals surface area contributed by atoms with Crippen molar-refractivity contribution >= 4 is 18.1 Å². The van der Waals surface area contributed by atoms with Gasteiger partial charge in [-0.1, -0.05) is 29.8 Å². The fourth-order valence-electron chi connectivity index (χ4n) is 3.58. The first kappa shape index (κ1) is 17.7. The summed E-state index contributed by atoms with van der Waals surface area (Å²) in [7, 11) is 0. The van der Waals surface area contributed by atoms with E-state index in [1.54, 1.807) is 6.20 Å². The van der Waals surface area contributed by atoms with Crippen LogP contribution in [-0.2, 0) is 11.3 Å². The second-order valence-corrected chi connectivity index (χ2v) is 7.40. The van der Waals surface area contributed by atoms with Crippen LogP contribution in [0, 0.1) is 11.7 Å². The van der Waals surface area contributed by atoms with Gasteiger partial charge in [0.2, 0.25) is 5.91 Å². The molecule has 140 valence electrons. The van der Waals surface area contributed by atoms with Crippen LogP contribution in [0.3, 0.4) is 0 Å². The van der Waals surface area contributed by atoms with E-state index >= 15 is 0 Å². The van der Waals surface area contributed by atoms with Gasteiger partial charge in [-0.25, -0.2) is 4.98 Å². The highest BCUT2D eigenvalue weighted by Crippen LogP contribution is 2.32. The molecule has 1 aromatic carbocycles. The number of aromatic nitrogens is 5. The van der Waals surface area contributed by atoms with Gasteiger partial charge in [-0.05, 0) is 32.5 Å². The van der Waals surface area contributed by atoms with Crippen LogP contribution >= 0.6 is 12.2 Å². The Labute approximate surface area is 162 Å². The van der Waals surface area contributed by atoms with Gasteiger partial charge in [0.1, 0.15) is 5.82 Å². The number of hydrogen-bond donors (Lipinski definition) is 2. The van der Waals surface area contributed by atoms with Crippen molar-refractivity contribution in [2.75, 3.05) is 0 Å². The van der Waals surface area contributed by atoms with Crippen molar-refractivity contribution in [2.45, 2.75) is 45.3 Å². The largest absolute Gasteiger partial charge is 0.346 e. The number of H-pyrrole nitrogens is 1. The summed E-state index contributed by atoms with van der Waals surface area (Å²) >= 11 is 5.35. The molecule has 2 N–H and O–H groups in total. The first-order valence-corrected chi connectivity index (χ1v) is 9.48. The molecule has 0 saturated carbocycles. The van der Waals surface area contributed by atoms with E-state index in [9.17, 15) is 4.79 Å². The Balaban J connectivity index is 1.44. The van der Waals surface area contributed by atoms with Gasteiger partial charge in [0.05, 0.1) is 6.04 Å². The first-order valence-electron chi connectivity index (χ1n) is 9.07. The molecular formula is C19H22N6OS. The van der Waals surface area contributed by atoms with Crippen molar-refractivity contribution in [1.82, 2.24) is 29.6 Å². The topological polar surface area (TPSA) is 80.5 Å². The lowest BCUT2D eigenvalue weighted by molar-refractivity contribution is -0.122. The molecule has 0 aliphatic carbocycles. The number of aromatic amines is 1. The first-order chi connectivity index (χ1) is 13.0. The number of rotatable bonds is 5. The second-order valence-electron chi connectivity index (χ2n) is 7.02. The molecule has 1 amide bonds. The molecule has 2 atom stereocenters. The number of nitrogens with zero attached hydrogens (tertiary/aromatic N) is 4. The molecule has 27 heavy (non-hydrogen) atoms. The molecule has 0 fully saturated rings. The average molecular weight is 382 g/mol. The zero-order chi connectivity index (χ0) is 19.0. The summed E-state index contributed by atoms with van der Waals surface area (Å²) in [6.45, 7) is 4.65. The van der Waals surface area contributed by atoms with Gasteiger partial charge in [0.25, 0.3) is 0 Å². The predicted octanol–water partition coefficient (Wildman–Crippen LogP) is 3.32. The zero-order valence-corrected chi connectivity index (χ0v) is 16.2. The van der Waals surface area contributed by atoms with Crippen LogP contribution in [-0.4, -0.2) is 30.2 Å². The molecule has 1 aliphatic heterocycles. The highest BCUT2D eigenvalue weighted by molar-refractivity contribution is 7.71. The van der Waals surface area contributed by atoms with E-state index in [0.717, 1.165) is 23.6 Å². The molecule has 0 saturated heterocycles. The van der Waals surface area contributed by atoms with E-state index in [-0.39, 0.29) is 11.9 Å². The Hall–Kier alpha value is -2.74. The molecule has 4 rings (SSSR count). The SMILES string of the molecule is Cc1ccc(-c2n[nH]c(=S)n2CCC(=O)NC2CC(C)n3ccnc32)cc1. The zero-order valence-electron chi connectivity index (χ0n) is 15.3. The Kier molecular flexibility index (Phi) is 4.65. The average Bonchev–Trinajstić information content (AvgIpc) is 3.33. The Bertz CT molecular complexity index is 1020. The standard InChI is InChI=1S/C19H22N6OS/c1-12-3-5-14(6-4-12)17-22-23-19(27)25(17)9-7-16(26)21-15-11-13(2)24-10-8-20-18(15)24/h3-6,8,10,13,15H,7,9,11H2,1-2H3,(H,21,26)(H,23,27). The maximum absolute atomic E-state index is 12.5. The number of fused-ring (bicyclic) bond motifs is 1. The minimum absolute atomic E-state index is 0.0124. The molecule has 0 bridgehead atoms. The van der Waals surface area contributed by atoms with Crippen molar-refractivity contribution in [3.8, 4) is 11.4 Å². The number of hydrogen-bond acceptors (Lipinski definition) is 4. The van der Waals surface area contributed by atoms with Crippen molar-refractivity contribution in [1.29, 1.82) is 0 Å². The maximum Gasteiger partial charge on any atom is 0.222 e. The van der Waals surface area contributed by atoms with Crippen LogP contribution in [0.1, 0.15) is 43.2 Å². The minimum atomic E-state index is -0.0311. The van der Waals surface area contributed by atoms with Gasteiger partial charge in [0.15, 0.2) is 10.6 Å². The van der Waals surface area contributed by atoms with Crippen LogP contribution in [0.5, 0.6) is 0 Å². The van der Waals surface area contributed by atoms with Gasteiger partial charge >= 0.3 is 0 Å². The van der Waals surface area contributed by atoms with E-state index in [2.05, 4.69) is 32.0 Å². The summed E-state index contributed by atoms with van der Waals surface area (Å²) in [5.74, 6) is 1.66. The lowest BCUT2D eigenvalue weighted by Crippen LogP contribution is -2.28. The fraction of sp³-hybridized carbons (Fsp3) is 0.368. The predicted molar refractivity (Wildman–Crippen MR) is 105 cm³/mol. The smallest absolute Gasteiger partial charge is 0.222 e. The Morgan fingerprint density at radius 2 is 2.15 bits per heavy atom.